The SMILES string of the molecule is CN1CCC(C(=O)Nc2ccc3c(-c4ccc5nccn5n4)c[nH]c3n2)CC1. The van der Waals surface area contributed by atoms with E-state index < -0.39 is 0 Å². The number of H-pyrrole nitrogens is 1. The Kier molecular flexibility index (Phi) is 4.05. The van der Waals surface area contributed by atoms with Crippen molar-refractivity contribution in [3.8, 4) is 11.3 Å². The van der Waals surface area contributed by atoms with Gasteiger partial charge in [0.25, 0.3) is 0 Å². The molecule has 28 heavy (non-hydrogen) atoms. The van der Waals surface area contributed by atoms with Gasteiger partial charge < -0.3 is 15.2 Å². The number of pyridine rings is 1. The largest absolute Gasteiger partial charge is 0.345 e. The number of amides is 1. The molecule has 1 fully saturated rings. The average Bonchev–Trinajstić information content (AvgIpc) is 3.34. The van der Waals surface area contributed by atoms with E-state index in [0.29, 0.717) is 5.82 Å². The van der Waals surface area contributed by atoms with Gasteiger partial charge in [-0.1, -0.05) is 0 Å². The van der Waals surface area contributed by atoms with Crippen molar-refractivity contribution in [2.45, 2.75) is 12.8 Å². The number of anilines is 1. The van der Waals surface area contributed by atoms with Gasteiger partial charge in [-0.3, -0.25) is 4.79 Å². The lowest BCUT2D eigenvalue weighted by Crippen LogP contribution is -2.36. The Balaban J connectivity index is 1.39. The van der Waals surface area contributed by atoms with Crippen LogP contribution in [0.4, 0.5) is 5.82 Å². The summed E-state index contributed by atoms with van der Waals surface area (Å²) < 4.78 is 1.75. The normalized spacial score (nSPS) is 16.0. The van der Waals surface area contributed by atoms with Crippen LogP contribution in [0.25, 0.3) is 27.9 Å². The molecule has 4 aromatic heterocycles. The third-order valence-electron chi connectivity index (χ3n) is 5.41. The van der Waals surface area contributed by atoms with Gasteiger partial charge in [0.2, 0.25) is 5.91 Å². The smallest absolute Gasteiger partial charge is 0.228 e. The fourth-order valence-electron chi connectivity index (χ4n) is 3.74. The summed E-state index contributed by atoms with van der Waals surface area (Å²) in [6, 6.07) is 7.70. The zero-order valence-electron chi connectivity index (χ0n) is 15.6. The van der Waals surface area contributed by atoms with Crippen molar-refractivity contribution >= 4 is 28.4 Å². The van der Waals surface area contributed by atoms with E-state index >= 15 is 0 Å². The molecule has 2 N–H and O–H groups in total. The highest BCUT2D eigenvalue weighted by Gasteiger charge is 2.23. The zero-order valence-corrected chi connectivity index (χ0v) is 15.6. The molecule has 0 spiro atoms. The van der Waals surface area contributed by atoms with Crippen LogP contribution >= 0.6 is 0 Å². The summed E-state index contributed by atoms with van der Waals surface area (Å²) in [5.74, 6) is 0.681. The third-order valence-corrected chi connectivity index (χ3v) is 5.41. The Morgan fingerprint density at radius 3 is 2.93 bits per heavy atom. The topological polar surface area (TPSA) is 91.2 Å². The lowest BCUT2D eigenvalue weighted by atomic mass is 9.96. The molecule has 1 aliphatic rings. The van der Waals surface area contributed by atoms with Crippen LogP contribution in [0.1, 0.15) is 12.8 Å². The van der Waals surface area contributed by atoms with Crippen molar-refractivity contribution in [3.05, 3.63) is 42.9 Å². The van der Waals surface area contributed by atoms with Crippen LogP contribution in [0.2, 0.25) is 0 Å². The molecule has 0 bridgehead atoms. The zero-order chi connectivity index (χ0) is 19.1. The summed E-state index contributed by atoms with van der Waals surface area (Å²) in [4.78, 5) is 26.8. The van der Waals surface area contributed by atoms with Crippen LogP contribution in [0.5, 0.6) is 0 Å². The van der Waals surface area contributed by atoms with Crippen molar-refractivity contribution in [3.63, 3.8) is 0 Å². The van der Waals surface area contributed by atoms with E-state index in [0.717, 1.165) is 53.9 Å². The van der Waals surface area contributed by atoms with Crippen molar-refractivity contribution in [2.24, 2.45) is 5.92 Å². The Morgan fingerprint density at radius 1 is 1.21 bits per heavy atom. The van der Waals surface area contributed by atoms with Gasteiger partial charge in [-0.15, -0.1) is 0 Å². The first-order valence-corrected chi connectivity index (χ1v) is 9.46. The number of hydrogen-bond donors (Lipinski definition) is 2. The minimum Gasteiger partial charge on any atom is -0.345 e. The Labute approximate surface area is 161 Å². The lowest BCUT2D eigenvalue weighted by molar-refractivity contribution is -0.121. The number of piperidine rings is 1. The van der Waals surface area contributed by atoms with Gasteiger partial charge in [0, 0.05) is 35.5 Å². The molecule has 8 heteroatoms. The summed E-state index contributed by atoms with van der Waals surface area (Å²) in [5, 5.41) is 8.53. The second kappa shape index (κ2) is 6.72. The molecule has 1 aliphatic heterocycles. The quantitative estimate of drug-likeness (QED) is 0.574. The predicted octanol–water partition coefficient (Wildman–Crippen LogP) is 2.55. The number of aromatic nitrogens is 5. The van der Waals surface area contributed by atoms with E-state index in [1.54, 1.807) is 10.7 Å². The minimum atomic E-state index is 0.0546. The number of hydrogen-bond acceptors (Lipinski definition) is 5. The van der Waals surface area contributed by atoms with Crippen LogP contribution in [0, 0.1) is 5.92 Å². The number of nitrogens with one attached hydrogen (secondary N) is 2. The van der Waals surface area contributed by atoms with E-state index in [4.69, 9.17) is 0 Å². The Bertz CT molecular complexity index is 1150. The molecule has 0 unspecified atom stereocenters. The van der Waals surface area contributed by atoms with Crippen LogP contribution in [0.3, 0.4) is 0 Å². The van der Waals surface area contributed by atoms with Gasteiger partial charge in [-0.25, -0.2) is 14.5 Å². The van der Waals surface area contributed by atoms with E-state index in [1.165, 1.54) is 0 Å². The van der Waals surface area contributed by atoms with Crippen LogP contribution in [-0.2, 0) is 4.79 Å². The highest BCUT2D eigenvalue weighted by Crippen LogP contribution is 2.27. The molecule has 0 radical (unpaired) electrons. The molecule has 5 rings (SSSR count). The van der Waals surface area contributed by atoms with Crippen LogP contribution in [-0.4, -0.2) is 55.5 Å². The van der Waals surface area contributed by atoms with E-state index in [-0.39, 0.29) is 11.8 Å². The molecular weight excluding hydrogens is 354 g/mol. The van der Waals surface area contributed by atoms with Gasteiger partial charge in [-0.05, 0) is 57.2 Å². The molecule has 142 valence electrons. The van der Waals surface area contributed by atoms with Crippen molar-refractivity contribution in [1.82, 2.24) is 29.5 Å². The number of likely N-dealkylation sites (tertiary alicyclic amines) is 1. The molecule has 5 heterocycles. The summed E-state index contributed by atoms with van der Waals surface area (Å²) in [5.41, 5.74) is 3.33. The van der Waals surface area contributed by atoms with E-state index in [9.17, 15) is 4.79 Å². The summed E-state index contributed by atoms with van der Waals surface area (Å²) in [7, 11) is 2.09. The van der Waals surface area contributed by atoms with Gasteiger partial charge >= 0.3 is 0 Å². The maximum Gasteiger partial charge on any atom is 0.228 e. The van der Waals surface area contributed by atoms with E-state index in [1.807, 2.05) is 36.7 Å². The number of aromatic amines is 1. The maximum atomic E-state index is 12.5. The molecular formula is C20H21N7O. The molecule has 1 saturated heterocycles. The number of nitrogens with zero attached hydrogens (tertiary/aromatic N) is 5. The van der Waals surface area contributed by atoms with Crippen LogP contribution < -0.4 is 5.32 Å². The van der Waals surface area contributed by atoms with Crippen LogP contribution in [0.15, 0.2) is 42.9 Å². The molecule has 1 amide bonds. The van der Waals surface area contributed by atoms with Crippen molar-refractivity contribution < 1.29 is 4.79 Å². The first kappa shape index (κ1) is 16.9. The summed E-state index contributed by atoms with van der Waals surface area (Å²) in [6.07, 6.45) is 7.22. The number of fused-ring (bicyclic) bond motifs is 2. The molecule has 8 nitrogen and oxygen atoms in total. The van der Waals surface area contributed by atoms with Crippen molar-refractivity contribution in [1.29, 1.82) is 0 Å². The monoisotopic (exact) mass is 375 g/mol. The number of carbonyl (C=O) groups excluding carboxylic acids is 1. The van der Waals surface area contributed by atoms with Gasteiger partial charge in [-0.2, -0.15) is 5.10 Å². The molecule has 0 aromatic carbocycles. The maximum absolute atomic E-state index is 12.5. The van der Waals surface area contributed by atoms with E-state index in [2.05, 4.69) is 37.3 Å². The second-order valence-electron chi connectivity index (χ2n) is 7.31. The highest BCUT2D eigenvalue weighted by atomic mass is 16.1. The highest BCUT2D eigenvalue weighted by molar-refractivity contribution is 5.96. The fraction of sp³-hybridized carbons (Fsp3) is 0.300. The van der Waals surface area contributed by atoms with Gasteiger partial charge in [0.1, 0.15) is 11.5 Å². The second-order valence-corrected chi connectivity index (χ2v) is 7.31. The van der Waals surface area contributed by atoms with Gasteiger partial charge in [0.05, 0.1) is 5.69 Å². The number of imidazole rings is 1. The van der Waals surface area contributed by atoms with Gasteiger partial charge in [0.15, 0.2) is 5.65 Å². The molecule has 0 atom stereocenters. The Morgan fingerprint density at radius 2 is 2.07 bits per heavy atom. The number of rotatable bonds is 3. The Hall–Kier alpha value is -3.26. The molecule has 0 saturated carbocycles. The average molecular weight is 375 g/mol. The molecule has 4 aromatic rings. The first-order valence-electron chi connectivity index (χ1n) is 9.46. The third kappa shape index (κ3) is 3.01. The first-order chi connectivity index (χ1) is 13.7. The fourth-order valence-corrected chi connectivity index (χ4v) is 3.74. The van der Waals surface area contributed by atoms with Crippen molar-refractivity contribution in [2.75, 3.05) is 25.5 Å². The lowest BCUT2D eigenvalue weighted by Gasteiger charge is -2.27. The molecule has 0 aliphatic carbocycles. The predicted molar refractivity (Wildman–Crippen MR) is 107 cm³/mol. The summed E-state index contributed by atoms with van der Waals surface area (Å²) in [6.45, 7) is 1.91. The minimum absolute atomic E-state index is 0.0546. The number of carbonyl (C=O) groups is 1. The summed E-state index contributed by atoms with van der Waals surface area (Å²) >= 11 is 0. The standard InChI is InChI=1S/C20H21N7O/c1-26-9-6-13(7-10-26)20(28)24-17-4-2-14-15(12-22-19(14)23-17)16-3-5-18-21-8-11-27(18)25-16/h2-5,8,11-13H,6-7,9-10H2,1H3,(H2,22,23,24,28).